The molecule has 0 saturated carbocycles. The van der Waals surface area contributed by atoms with E-state index in [0.717, 1.165) is 62.7 Å². The van der Waals surface area contributed by atoms with Crippen molar-refractivity contribution in [2.45, 2.75) is 58.2 Å². The first kappa shape index (κ1) is 21.8. The molecule has 182 valence electrons. The summed E-state index contributed by atoms with van der Waals surface area (Å²) in [7, 11) is 0. The molecule has 0 bridgehead atoms. The number of nitrogens with one attached hydrogen (secondary N) is 2. The number of aromatic nitrogens is 4. The quantitative estimate of drug-likeness (QED) is 0.617. The van der Waals surface area contributed by atoms with Crippen LogP contribution in [0.3, 0.4) is 0 Å². The van der Waals surface area contributed by atoms with Crippen LogP contribution >= 0.6 is 0 Å². The van der Waals surface area contributed by atoms with Crippen LogP contribution in [0.5, 0.6) is 0 Å². The molecule has 4 aliphatic heterocycles. The molecule has 0 amide bonds. The van der Waals surface area contributed by atoms with Crippen LogP contribution in [-0.2, 0) is 4.74 Å². The average Bonchev–Trinajstić information content (AvgIpc) is 3.38. The van der Waals surface area contributed by atoms with Gasteiger partial charge in [-0.25, -0.2) is 14.4 Å². The lowest BCUT2D eigenvalue weighted by Gasteiger charge is -2.41. The number of piperidine rings is 1. The number of ether oxygens (including phenoxy) is 1. The highest BCUT2D eigenvalue weighted by Gasteiger charge is 2.47. The van der Waals surface area contributed by atoms with Crippen molar-refractivity contribution in [3.05, 3.63) is 29.5 Å². The largest absolute Gasteiger partial charge is 0.378 e. The highest BCUT2D eigenvalue weighted by Crippen LogP contribution is 2.42. The molecule has 1 unspecified atom stereocenters. The number of aromatic amines is 1. The average molecular weight is 469 g/mol. The molecule has 10 heteroatoms. The van der Waals surface area contributed by atoms with Gasteiger partial charge in [0.2, 0.25) is 0 Å². The number of fused-ring (bicyclic) bond motifs is 1. The summed E-state index contributed by atoms with van der Waals surface area (Å²) in [5, 5.41) is 10.9. The number of dihydropyridines is 1. The molecule has 0 aromatic carbocycles. The van der Waals surface area contributed by atoms with Crippen molar-refractivity contribution in [2.24, 2.45) is 17.1 Å². The highest BCUT2D eigenvalue weighted by atomic mass is 19.1. The number of hydrogen-bond acceptors (Lipinski definition) is 8. The van der Waals surface area contributed by atoms with Crippen LogP contribution in [-0.4, -0.2) is 64.6 Å². The molecule has 6 heterocycles. The Kier molecular flexibility index (Phi) is 5.07. The standard InChI is InChI=1S/C24H33FN8O/c1-13-4-7-33(17-10-16(25)14(2)28-19(13)17)23-20-22(30-31-23)29-18(11-27-20)32-8-5-24(6-9-32)12-34-15(3)21(24)26/h10-11,13-15,21,28H,4-9,12,26H2,1-3H3,(H,29,30,31)/t13-,14?,15+,21-/m1/s1. The second-order valence-electron chi connectivity index (χ2n) is 10.4. The van der Waals surface area contributed by atoms with Gasteiger partial charge in [0.1, 0.15) is 11.6 Å². The second kappa shape index (κ2) is 7.91. The molecule has 2 saturated heterocycles. The number of rotatable bonds is 2. The topological polar surface area (TPSA) is 108 Å². The number of allylic oxidation sites excluding steroid dienone is 2. The smallest absolute Gasteiger partial charge is 0.183 e. The van der Waals surface area contributed by atoms with Gasteiger partial charge in [-0.2, -0.15) is 5.10 Å². The molecule has 2 aromatic heterocycles. The Morgan fingerprint density at radius 3 is 2.74 bits per heavy atom. The van der Waals surface area contributed by atoms with Crippen molar-refractivity contribution >= 4 is 22.8 Å². The van der Waals surface area contributed by atoms with Gasteiger partial charge in [-0.1, -0.05) is 6.92 Å². The zero-order valence-corrected chi connectivity index (χ0v) is 20.0. The predicted molar refractivity (Wildman–Crippen MR) is 129 cm³/mol. The maximum Gasteiger partial charge on any atom is 0.183 e. The van der Waals surface area contributed by atoms with Gasteiger partial charge in [0, 0.05) is 36.8 Å². The number of nitrogens with two attached hydrogens (primary N) is 1. The second-order valence-corrected chi connectivity index (χ2v) is 10.4. The van der Waals surface area contributed by atoms with E-state index in [4.69, 9.17) is 20.4 Å². The first-order valence-electron chi connectivity index (χ1n) is 12.3. The monoisotopic (exact) mass is 468 g/mol. The first-order chi connectivity index (χ1) is 16.4. The summed E-state index contributed by atoms with van der Waals surface area (Å²) in [6.45, 7) is 9.32. The maximum atomic E-state index is 14.5. The van der Waals surface area contributed by atoms with Gasteiger partial charge < -0.3 is 25.6 Å². The van der Waals surface area contributed by atoms with Crippen LogP contribution in [0, 0.1) is 11.3 Å². The van der Waals surface area contributed by atoms with E-state index < -0.39 is 0 Å². The lowest BCUT2D eigenvalue weighted by Crippen LogP contribution is -2.50. The van der Waals surface area contributed by atoms with Crippen LogP contribution in [0.4, 0.5) is 16.0 Å². The predicted octanol–water partition coefficient (Wildman–Crippen LogP) is 2.59. The summed E-state index contributed by atoms with van der Waals surface area (Å²) in [4.78, 5) is 13.9. The fraction of sp³-hybridized carbons (Fsp3) is 0.625. The third-order valence-corrected chi connectivity index (χ3v) is 8.33. The van der Waals surface area contributed by atoms with E-state index in [1.165, 1.54) is 0 Å². The van der Waals surface area contributed by atoms with E-state index in [-0.39, 0.29) is 29.4 Å². The minimum absolute atomic E-state index is 0.0692. The molecule has 34 heavy (non-hydrogen) atoms. The summed E-state index contributed by atoms with van der Waals surface area (Å²) < 4.78 is 20.3. The lowest BCUT2D eigenvalue weighted by atomic mass is 9.73. The number of nitrogens with zero attached hydrogens (tertiary/aromatic N) is 5. The van der Waals surface area contributed by atoms with Crippen LogP contribution in [0.15, 0.2) is 29.5 Å². The van der Waals surface area contributed by atoms with Crippen molar-refractivity contribution in [1.29, 1.82) is 0 Å². The molecule has 6 rings (SSSR count). The maximum absolute atomic E-state index is 14.5. The van der Waals surface area contributed by atoms with Gasteiger partial charge in [-0.3, -0.25) is 5.10 Å². The summed E-state index contributed by atoms with van der Waals surface area (Å²) in [6.07, 6.45) is 6.50. The Labute approximate surface area is 198 Å². The molecule has 2 aromatic rings. The van der Waals surface area contributed by atoms with Crippen molar-refractivity contribution in [1.82, 2.24) is 25.5 Å². The number of hydrogen-bond donors (Lipinski definition) is 3. The summed E-state index contributed by atoms with van der Waals surface area (Å²) >= 11 is 0. The molecular weight excluding hydrogens is 435 g/mol. The lowest BCUT2D eigenvalue weighted by molar-refractivity contribution is 0.0974. The number of halogens is 1. The van der Waals surface area contributed by atoms with Gasteiger partial charge in [-0.15, -0.1) is 0 Å². The Hall–Kier alpha value is -2.72. The summed E-state index contributed by atoms with van der Waals surface area (Å²) in [5.41, 5.74) is 9.77. The van der Waals surface area contributed by atoms with Crippen LogP contribution < -0.4 is 20.9 Å². The minimum atomic E-state index is -0.309. The molecule has 9 nitrogen and oxygen atoms in total. The summed E-state index contributed by atoms with van der Waals surface area (Å²) in [6, 6.07) is -0.224. The molecule has 4 atom stereocenters. The van der Waals surface area contributed by atoms with Crippen molar-refractivity contribution in [3.63, 3.8) is 0 Å². The number of H-pyrrole nitrogens is 1. The van der Waals surface area contributed by atoms with E-state index in [1.807, 2.05) is 18.0 Å². The summed E-state index contributed by atoms with van der Waals surface area (Å²) in [5.74, 6) is 1.69. The van der Waals surface area contributed by atoms with Gasteiger partial charge in [0.05, 0.1) is 30.6 Å². The van der Waals surface area contributed by atoms with Crippen molar-refractivity contribution in [2.75, 3.05) is 36.0 Å². The molecule has 4 aliphatic rings. The Bertz CT molecular complexity index is 1170. The fourth-order valence-corrected chi connectivity index (χ4v) is 5.91. The highest BCUT2D eigenvalue weighted by molar-refractivity contribution is 5.86. The minimum Gasteiger partial charge on any atom is -0.378 e. The molecule has 2 fully saturated rings. The molecule has 1 spiro atoms. The zero-order chi connectivity index (χ0) is 23.6. The van der Waals surface area contributed by atoms with Crippen molar-refractivity contribution < 1.29 is 9.13 Å². The van der Waals surface area contributed by atoms with E-state index in [0.29, 0.717) is 22.9 Å². The van der Waals surface area contributed by atoms with Gasteiger partial charge >= 0.3 is 0 Å². The Morgan fingerprint density at radius 1 is 1.21 bits per heavy atom. The van der Waals surface area contributed by atoms with Crippen LogP contribution in [0.25, 0.3) is 11.2 Å². The van der Waals surface area contributed by atoms with Crippen LogP contribution in [0.1, 0.15) is 40.0 Å². The Balaban J connectivity index is 1.26. The zero-order valence-electron chi connectivity index (χ0n) is 20.0. The molecule has 4 N–H and O–H groups in total. The van der Waals surface area contributed by atoms with Gasteiger partial charge in [0.25, 0.3) is 0 Å². The van der Waals surface area contributed by atoms with E-state index >= 15 is 0 Å². The fourth-order valence-electron chi connectivity index (χ4n) is 5.91. The van der Waals surface area contributed by atoms with E-state index in [2.05, 4.69) is 34.3 Å². The third-order valence-electron chi connectivity index (χ3n) is 8.33. The van der Waals surface area contributed by atoms with Crippen molar-refractivity contribution in [3.8, 4) is 0 Å². The van der Waals surface area contributed by atoms with E-state index in [1.54, 1.807) is 6.08 Å². The van der Waals surface area contributed by atoms with Gasteiger partial charge in [-0.05, 0) is 45.1 Å². The van der Waals surface area contributed by atoms with Gasteiger partial charge in [0.15, 0.2) is 17.0 Å². The first-order valence-corrected chi connectivity index (χ1v) is 12.3. The van der Waals surface area contributed by atoms with Crippen LogP contribution in [0.2, 0.25) is 0 Å². The number of anilines is 2. The molecule has 0 aliphatic carbocycles. The molecular formula is C24H33FN8O. The third kappa shape index (κ3) is 3.30. The van der Waals surface area contributed by atoms with E-state index in [9.17, 15) is 4.39 Å². The normalized spacial score (nSPS) is 31.1. The Morgan fingerprint density at radius 2 is 2.00 bits per heavy atom. The molecule has 0 radical (unpaired) electrons. The SMILES string of the molecule is CC1NC2=C(C=C1F)N(c1n[nH]c3nc(N4CCC5(CC4)CO[C@@H](C)[C@H]5N)cnc13)CC[C@H]2C.